The van der Waals surface area contributed by atoms with E-state index in [0.717, 1.165) is 25.1 Å². The Balaban J connectivity index is 0.00000361. The zero-order chi connectivity index (χ0) is 13.8. The summed E-state index contributed by atoms with van der Waals surface area (Å²) in [6.07, 6.45) is 1.94. The first-order valence-corrected chi connectivity index (χ1v) is 6.51. The topological polar surface area (TPSA) is 68.9 Å². The van der Waals surface area contributed by atoms with Gasteiger partial charge in [0.1, 0.15) is 0 Å². The monoisotopic (exact) mass is 393 g/mol. The van der Waals surface area contributed by atoms with Crippen LogP contribution in [-0.2, 0) is 9.47 Å². The molecule has 5 nitrogen and oxygen atoms in total. The maximum absolute atomic E-state index is 5.78. The van der Waals surface area contributed by atoms with E-state index in [0.29, 0.717) is 25.7 Å². The largest absolute Gasteiger partial charge is 0.382 e. The summed E-state index contributed by atoms with van der Waals surface area (Å²) in [7, 11) is 1.67. The molecule has 0 spiro atoms. The fourth-order valence-corrected chi connectivity index (χ4v) is 1.47. The zero-order valence-corrected chi connectivity index (χ0v) is 14.2. The molecule has 0 bridgehead atoms. The maximum Gasteiger partial charge on any atom is 0.193 e. The third-order valence-corrected chi connectivity index (χ3v) is 2.46. The van der Waals surface area contributed by atoms with Crippen LogP contribution in [0.5, 0.6) is 0 Å². The van der Waals surface area contributed by atoms with Crippen molar-refractivity contribution in [3.63, 3.8) is 0 Å². The second kappa shape index (κ2) is 13.1. The molecule has 0 aliphatic heterocycles. The molecule has 0 heterocycles. The summed E-state index contributed by atoms with van der Waals surface area (Å²) in [6, 6.07) is 9.76. The Morgan fingerprint density at radius 2 is 1.90 bits per heavy atom. The molecule has 3 N–H and O–H groups in total. The molecule has 0 saturated heterocycles. The fourth-order valence-electron chi connectivity index (χ4n) is 1.47. The number of rotatable bonds is 9. The van der Waals surface area contributed by atoms with Crippen LogP contribution in [0, 0.1) is 0 Å². The highest BCUT2D eigenvalue weighted by molar-refractivity contribution is 14.0. The molecule has 1 aromatic rings. The van der Waals surface area contributed by atoms with E-state index >= 15 is 0 Å². The third kappa shape index (κ3) is 9.99. The van der Waals surface area contributed by atoms with E-state index in [-0.39, 0.29) is 24.0 Å². The molecule has 0 aromatic heterocycles. The quantitative estimate of drug-likeness (QED) is 0.293. The molecule has 0 atom stereocenters. The number of benzene rings is 1. The second-order valence-electron chi connectivity index (χ2n) is 4.07. The van der Waals surface area contributed by atoms with Gasteiger partial charge < -0.3 is 20.5 Å². The molecule has 20 heavy (non-hydrogen) atoms. The van der Waals surface area contributed by atoms with E-state index in [1.807, 2.05) is 30.3 Å². The molecule has 1 rings (SSSR count). The Kier molecular flexibility index (Phi) is 12.6. The average molecular weight is 393 g/mol. The van der Waals surface area contributed by atoms with Gasteiger partial charge in [-0.3, -0.25) is 4.99 Å². The van der Waals surface area contributed by atoms with E-state index in [1.165, 1.54) is 0 Å². The summed E-state index contributed by atoms with van der Waals surface area (Å²) in [5, 5.41) is 3.04. The van der Waals surface area contributed by atoms with Gasteiger partial charge >= 0.3 is 0 Å². The van der Waals surface area contributed by atoms with E-state index in [4.69, 9.17) is 15.2 Å². The van der Waals surface area contributed by atoms with Crippen LogP contribution >= 0.6 is 24.0 Å². The Labute approximate surface area is 138 Å². The van der Waals surface area contributed by atoms with Gasteiger partial charge in [-0.25, -0.2) is 0 Å². The van der Waals surface area contributed by atoms with E-state index < -0.39 is 0 Å². The van der Waals surface area contributed by atoms with Crippen LogP contribution in [0.15, 0.2) is 35.3 Å². The first kappa shape index (κ1) is 19.1. The van der Waals surface area contributed by atoms with Gasteiger partial charge in [0, 0.05) is 25.9 Å². The predicted octanol–water partition coefficient (Wildman–Crippen LogP) is 2.47. The van der Waals surface area contributed by atoms with Gasteiger partial charge in [-0.2, -0.15) is 0 Å². The number of methoxy groups -OCH3 is 1. The highest BCUT2D eigenvalue weighted by Crippen LogP contribution is 2.03. The lowest BCUT2D eigenvalue weighted by Crippen LogP contribution is -2.22. The van der Waals surface area contributed by atoms with Crippen molar-refractivity contribution in [1.82, 2.24) is 0 Å². The first-order valence-electron chi connectivity index (χ1n) is 6.51. The van der Waals surface area contributed by atoms with Gasteiger partial charge in [0.15, 0.2) is 5.96 Å². The number of guanidine groups is 1. The number of nitrogens with one attached hydrogen (secondary N) is 1. The van der Waals surface area contributed by atoms with Crippen molar-refractivity contribution in [2.24, 2.45) is 10.7 Å². The van der Waals surface area contributed by atoms with E-state index in [1.54, 1.807) is 7.11 Å². The predicted molar refractivity (Wildman–Crippen MR) is 93.9 cm³/mol. The number of hydrogen-bond donors (Lipinski definition) is 2. The van der Waals surface area contributed by atoms with Gasteiger partial charge in [-0.05, 0) is 25.0 Å². The number of unbranched alkanes of at least 4 members (excludes halogenated alkanes) is 1. The minimum absolute atomic E-state index is 0. The molecule has 0 amide bonds. The molecule has 6 heteroatoms. The number of halogens is 1. The van der Waals surface area contributed by atoms with Gasteiger partial charge in [0.2, 0.25) is 0 Å². The van der Waals surface area contributed by atoms with Gasteiger partial charge in [0.05, 0.1) is 13.2 Å². The smallest absolute Gasteiger partial charge is 0.193 e. The van der Waals surface area contributed by atoms with Crippen molar-refractivity contribution in [2.45, 2.75) is 12.8 Å². The standard InChI is InChI=1S/C14H23N3O2.HI/c1-18-11-12-19-10-6-5-9-16-14(15)17-13-7-3-2-4-8-13;/h2-4,7-8H,5-6,9-12H2,1H3,(H3,15,16,17);1H. The Morgan fingerprint density at radius 3 is 2.60 bits per heavy atom. The minimum Gasteiger partial charge on any atom is -0.382 e. The molecule has 114 valence electrons. The summed E-state index contributed by atoms with van der Waals surface area (Å²) < 4.78 is 10.2. The van der Waals surface area contributed by atoms with Crippen molar-refractivity contribution in [3.8, 4) is 0 Å². The first-order chi connectivity index (χ1) is 9.33. The van der Waals surface area contributed by atoms with Crippen LogP contribution in [0.3, 0.4) is 0 Å². The molecular weight excluding hydrogens is 369 g/mol. The number of para-hydroxylation sites is 1. The number of aliphatic imine (C=N–C) groups is 1. The molecular formula is C14H24IN3O2. The average Bonchev–Trinajstić information content (AvgIpc) is 2.43. The van der Waals surface area contributed by atoms with Crippen LogP contribution in [-0.4, -0.2) is 39.4 Å². The maximum atomic E-state index is 5.78. The molecule has 0 saturated carbocycles. The third-order valence-electron chi connectivity index (χ3n) is 2.46. The van der Waals surface area contributed by atoms with Crippen molar-refractivity contribution in [2.75, 3.05) is 38.8 Å². The summed E-state index contributed by atoms with van der Waals surface area (Å²) >= 11 is 0. The Bertz CT molecular complexity index is 361. The van der Waals surface area contributed by atoms with Crippen LogP contribution in [0.2, 0.25) is 0 Å². The van der Waals surface area contributed by atoms with Crippen molar-refractivity contribution in [3.05, 3.63) is 30.3 Å². The number of anilines is 1. The molecule has 0 unspecified atom stereocenters. The molecule has 0 aliphatic carbocycles. The van der Waals surface area contributed by atoms with Gasteiger partial charge in [-0.15, -0.1) is 24.0 Å². The highest BCUT2D eigenvalue weighted by Gasteiger charge is 1.93. The molecule has 1 aromatic carbocycles. The Morgan fingerprint density at radius 1 is 1.15 bits per heavy atom. The second-order valence-corrected chi connectivity index (χ2v) is 4.07. The van der Waals surface area contributed by atoms with Crippen LogP contribution in [0.25, 0.3) is 0 Å². The number of nitrogens with zero attached hydrogens (tertiary/aromatic N) is 1. The fraction of sp³-hybridized carbons (Fsp3) is 0.500. The zero-order valence-electron chi connectivity index (χ0n) is 11.9. The highest BCUT2D eigenvalue weighted by atomic mass is 127. The van der Waals surface area contributed by atoms with Crippen LogP contribution in [0.4, 0.5) is 5.69 Å². The van der Waals surface area contributed by atoms with Crippen molar-refractivity contribution in [1.29, 1.82) is 0 Å². The van der Waals surface area contributed by atoms with Gasteiger partial charge in [0.25, 0.3) is 0 Å². The van der Waals surface area contributed by atoms with E-state index in [2.05, 4.69) is 10.3 Å². The molecule has 0 fully saturated rings. The van der Waals surface area contributed by atoms with Crippen molar-refractivity contribution >= 4 is 35.6 Å². The van der Waals surface area contributed by atoms with Gasteiger partial charge in [-0.1, -0.05) is 18.2 Å². The lowest BCUT2D eigenvalue weighted by Gasteiger charge is -2.05. The Hall–Kier alpha value is -0.860. The number of ether oxygens (including phenoxy) is 2. The number of hydrogen-bond acceptors (Lipinski definition) is 3. The van der Waals surface area contributed by atoms with Crippen LogP contribution in [0.1, 0.15) is 12.8 Å². The summed E-state index contributed by atoms with van der Waals surface area (Å²) in [5.41, 5.74) is 6.73. The summed E-state index contributed by atoms with van der Waals surface area (Å²) in [5.74, 6) is 0.450. The summed E-state index contributed by atoms with van der Waals surface area (Å²) in [6.45, 7) is 2.74. The van der Waals surface area contributed by atoms with E-state index in [9.17, 15) is 0 Å². The molecule has 0 aliphatic rings. The SMILES string of the molecule is COCCOCCCCN=C(N)Nc1ccccc1.I. The lowest BCUT2D eigenvalue weighted by atomic mass is 10.3. The minimum atomic E-state index is 0. The lowest BCUT2D eigenvalue weighted by molar-refractivity contribution is 0.0690. The normalized spacial score (nSPS) is 10.9. The summed E-state index contributed by atoms with van der Waals surface area (Å²) in [4.78, 5) is 4.26. The van der Waals surface area contributed by atoms with Crippen molar-refractivity contribution < 1.29 is 9.47 Å². The van der Waals surface area contributed by atoms with Crippen LogP contribution < -0.4 is 11.1 Å². The number of nitrogens with two attached hydrogens (primary N) is 1. The molecule has 0 radical (unpaired) electrons.